The number of nitrogens with two attached hydrogens (primary N) is 1. The van der Waals surface area contributed by atoms with Crippen LogP contribution in [0.1, 0.15) is 10.5 Å². The Bertz CT molecular complexity index is 416. The number of carbonyl (C=O) groups excluding carboxylic acids is 2. The van der Waals surface area contributed by atoms with Gasteiger partial charge in [-0.25, -0.2) is 0 Å². The summed E-state index contributed by atoms with van der Waals surface area (Å²) in [5.41, 5.74) is 5.00. The van der Waals surface area contributed by atoms with Crippen molar-refractivity contribution in [3.63, 3.8) is 0 Å². The highest BCUT2D eigenvalue weighted by Crippen LogP contribution is 2.01. The zero-order chi connectivity index (χ0) is 12.8. The van der Waals surface area contributed by atoms with Crippen molar-refractivity contribution in [2.45, 2.75) is 0 Å². The van der Waals surface area contributed by atoms with Gasteiger partial charge in [0, 0.05) is 6.20 Å². The van der Waals surface area contributed by atoms with Crippen LogP contribution in [-0.2, 0) is 9.59 Å². The van der Waals surface area contributed by atoms with Crippen molar-refractivity contribution in [3.8, 4) is 0 Å². The average Bonchev–Trinajstić information content (AvgIpc) is 2.27. The molecule has 0 aromatic carbocycles. The van der Waals surface area contributed by atoms with E-state index in [4.69, 9.17) is 10.8 Å². The summed E-state index contributed by atoms with van der Waals surface area (Å²) < 4.78 is 0. The first-order valence-electron chi connectivity index (χ1n) is 4.71. The molecule has 1 rings (SSSR count). The van der Waals surface area contributed by atoms with Crippen LogP contribution < -0.4 is 5.73 Å². The van der Waals surface area contributed by atoms with Crippen molar-refractivity contribution in [3.05, 3.63) is 30.1 Å². The van der Waals surface area contributed by atoms with E-state index >= 15 is 0 Å². The number of hydrogen-bond acceptors (Lipinski definition) is 4. The molecule has 0 saturated carbocycles. The molecule has 0 bridgehead atoms. The number of aromatic nitrogens is 1. The molecule has 0 radical (unpaired) electrons. The Kier molecular flexibility index (Phi) is 4.15. The van der Waals surface area contributed by atoms with Gasteiger partial charge in [0.1, 0.15) is 18.8 Å². The van der Waals surface area contributed by atoms with Gasteiger partial charge in [-0.1, -0.05) is 6.07 Å². The number of carbonyl (C=O) groups is 3. The fraction of sp³-hybridized carbons (Fsp3) is 0.200. The van der Waals surface area contributed by atoms with Crippen molar-refractivity contribution < 1.29 is 19.5 Å². The second-order valence-electron chi connectivity index (χ2n) is 3.24. The fourth-order valence-electron chi connectivity index (χ4n) is 1.20. The highest BCUT2D eigenvalue weighted by Gasteiger charge is 2.20. The molecule has 3 N–H and O–H groups in total. The average molecular weight is 237 g/mol. The minimum absolute atomic E-state index is 0.0648. The molecule has 0 spiro atoms. The third-order valence-electron chi connectivity index (χ3n) is 1.84. The van der Waals surface area contributed by atoms with Crippen LogP contribution in [0.5, 0.6) is 0 Å². The number of nitrogens with zero attached hydrogens (tertiary/aromatic N) is 2. The van der Waals surface area contributed by atoms with Gasteiger partial charge >= 0.3 is 5.97 Å². The predicted molar refractivity (Wildman–Crippen MR) is 57.0 cm³/mol. The van der Waals surface area contributed by atoms with Gasteiger partial charge < -0.3 is 15.7 Å². The molecular formula is C10H11N3O4. The molecule has 90 valence electrons. The topological polar surface area (TPSA) is 114 Å². The normalized spacial score (nSPS) is 9.65. The number of aliphatic carboxylic acids is 1. The molecule has 0 atom stereocenters. The van der Waals surface area contributed by atoms with Gasteiger partial charge in [-0.2, -0.15) is 0 Å². The van der Waals surface area contributed by atoms with Gasteiger partial charge in [0.05, 0.1) is 0 Å². The lowest BCUT2D eigenvalue weighted by atomic mass is 10.3. The molecule has 0 unspecified atom stereocenters. The molecule has 0 saturated heterocycles. The summed E-state index contributed by atoms with van der Waals surface area (Å²) in [6.45, 7) is -1.06. The van der Waals surface area contributed by atoms with E-state index in [0.29, 0.717) is 0 Å². The maximum absolute atomic E-state index is 11.8. The molecule has 1 heterocycles. The third kappa shape index (κ3) is 3.90. The third-order valence-corrected chi connectivity index (χ3v) is 1.84. The van der Waals surface area contributed by atoms with E-state index in [9.17, 15) is 14.4 Å². The number of carboxylic acid groups (broad SMARTS) is 1. The number of amides is 2. The van der Waals surface area contributed by atoms with Gasteiger partial charge in [-0.15, -0.1) is 0 Å². The van der Waals surface area contributed by atoms with Crippen LogP contribution in [-0.4, -0.2) is 45.9 Å². The molecule has 17 heavy (non-hydrogen) atoms. The lowest BCUT2D eigenvalue weighted by Crippen LogP contribution is -2.41. The highest BCUT2D eigenvalue weighted by molar-refractivity contribution is 5.96. The molecule has 0 fully saturated rings. The highest BCUT2D eigenvalue weighted by atomic mass is 16.4. The van der Waals surface area contributed by atoms with Crippen molar-refractivity contribution in [1.82, 2.24) is 9.88 Å². The number of hydrogen-bond donors (Lipinski definition) is 2. The predicted octanol–water partition coefficient (Wildman–Crippen LogP) is -0.906. The van der Waals surface area contributed by atoms with Gasteiger partial charge in [-0.3, -0.25) is 19.4 Å². The van der Waals surface area contributed by atoms with Crippen LogP contribution in [0.2, 0.25) is 0 Å². The number of rotatable bonds is 5. The summed E-state index contributed by atoms with van der Waals surface area (Å²) >= 11 is 0. The van der Waals surface area contributed by atoms with E-state index in [-0.39, 0.29) is 5.69 Å². The summed E-state index contributed by atoms with van der Waals surface area (Å²) in [4.78, 5) is 37.7. The number of pyridine rings is 1. The fourth-order valence-corrected chi connectivity index (χ4v) is 1.20. The van der Waals surface area contributed by atoms with E-state index < -0.39 is 30.9 Å². The first-order chi connectivity index (χ1) is 8.00. The van der Waals surface area contributed by atoms with E-state index in [0.717, 1.165) is 4.90 Å². The van der Waals surface area contributed by atoms with E-state index in [1.165, 1.54) is 12.3 Å². The Morgan fingerprint density at radius 2 is 2.00 bits per heavy atom. The lowest BCUT2D eigenvalue weighted by molar-refractivity contribution is -0.138. The van der Waals surface area contributed by atoms with Crippen LogP contribution in [0.4, 0.5) is 0 Å². The van der Waals surface area contributed by atoms with Crippen LogP contribution in [0.25, 0.3) is 0 Å². The Morgan fingerprint density at radius 1 is 1.29 bits per heavy atom. The van der Waals surface area contributed by atoms with E-state index in [1.54, 1.807) is 12.1 Å². The van der Waals surface area contributed by atoms with E-state index in [1.807, 2.05) is 0 Å². The molecule has 2 amide bonds. The van der Waals surface area contributed by atoms with E-state index in [2.05, 4.69) is 4.98 Å². The molecule has 7 heteroatoms. The number of carboxylic acids is 1. The Labute approximate surface area is 96.9 Å². The van der Waals surface area contributed by atoms with Crippen molar-refractivity contribution >= 4 is 17.8 Å². The first kappa shape index (κ1) is 12.6. The summed E-state index contributed by atoms with van der Waals surface area (Å²) in [5.74, 6) is -2.65. The zero-order valence-electron chi connectivity index (χ0n) is 8.87. The second-order valence-corrected chi connectivity index (χ2v) is 3.24. The Hall–Kier alpha value is -2.44. The monoisotopic (exact) mass is 237 g/mol. The smallest absolute Gasteiger partial charge is 0.323 e. The maximum Gasteiger partial charge on any atom is 0.323 e. The largest absolute Gasteiger partial charge is 0.480 e. The molecule has 0 aliphatic heterocycles. The van der Waals surface area contributed by atoms with Crippen LogP contribution in [0.3, 0.4) is 0 Å². The number of primary amides is 1. The minimum atomic E-state index is -1.23. The lowest BCUT2D eigenvalue weighted by Gasteiger charge is -2.18. The molecule has 1 aromatic rings. The SMILES string of the molecule is NC(=O)CN(CC(=O)O)C(=O)c1ccccn1. The zero-order valence-corrected chi connectivity index (χ0v) is 8.87. The van der Waals surface area contributed by atoms with Gasteiger partial charge in [0.25, 0.3) is 5.91 Å². The first-order valence-corrected chi connectivity index (χ1v) is 4.71. The summed E-state index contributed by atoms with van der Waals surface area (Å²) in [5, 5.41) is 8.63. The maximum atomic E-state index is 11.8. The summed E-state index contributed by atoms with van der Waals surface area (Å²) in [6.07, 6.45) is 1.40. The summed E-state index contributed by atoms with van der Waals surface area (Å²) in [6, 6.07) is 4.63. The molecule has 0 aliphatic rings. The van der Waals surface area contributed by atoms with Gasteiger partial charge in [-0.05, 0) is 12.1 Å². The Morgan fingerprint density at radius 3 is 2.47 bits per heavy atom. The van der Waals surface area contributed by atoms with Gasteiger partial charge in [0.2, 0.25) is 5.91 Å². The van der Waals surface area contributed by atoms with Crippen molar-refractivity contribution in [2.24, 2.45) is 5.73 Å². The second kappa shape index (κ2) is 5.59. The molecule has 1 aromatic heterocycles. The van der Waals surface area contributed by atoms with Crippen molar-refractivity contribution in [2.75, 3.05) is 13.1 Å². The summed E-state index contributed by atoms with van der Waals surface area (Å²) in [7, 11) is 0. The molecule has 0 aliphatic carbocycles. The standard InChI is InChI=1S/C10H11N3O4/c11-8(14)5-13(6-9(15)16)10(17)7-3-1-2-4-12-7/h1-4H,5-6H2,(H2,11,14)(H,15,16). The quantitative estimate of drug-likeness (QED) is 0.688. The van der Waals surface area contributed by atoms with Crippen molar-refractivity contribution in [1.29, 1.82) is 0 Å². The molecular weight excluding hydrogens is 226 g/mol. The van der Waals surface area contributed by atoms with Crippen LogP contribution in [0.15, 0.2) is 24.4 Å². The van der Waals surface area contributed by atoms with Gasteiger partial charge in [0.15, 0.2) is 0 Å². The van der Waals surface area contributed by atoms with Crippen LogP contribution in [0, 0.1) is 0 Å². The van der Waals surface area contributed by atoms with Crippen LogP contribution >= 0.6 is 0 Å². The molecule has 7 nitrogen and oxygen atoms in total. The Balaban J connectivity index is 2.86. The minimum Gasteiger partial charge on any atom is -0.480 e.